The van der Waals surface area contributed by atoms with Crippen LogP contribution in [0.3, 0.4) is 0 Å². The van der Waals surface area contributed by atoms with Crippen molar-refractivity contribution in [3.05, 3.63) is 97.2 Å². The van der Waals surface area contributed by atoms with Crippen LogP contribution < -0.4 is 4.89 Å². The van der Waals surface area contributed by atoms with E-state index in [4.69, 9.17) is 18.5 Å². The summed E-state index contributed by atoms with van der Waals surface area (Å²) < 4.78 is 34.9. The van der Waals surface area contributed by atoms with Crippen LogP contribution in [0.5, 0.6) is 0 Å². The minimum absolute atomic E-state index is 0.0191. The second-order valence-electron chi connectivity index (χ2n) is 21.0. The molecule has 0 saturated heterocycles. The maximum Gasteiger partial charge on any atom is 0.306 e. The lowest BCUT2D eigenvalue weighted by atomic mass is 10.0. The van der Waals surface area contributed by atoms with E-state index in [1.54, 1.807) is 0 Å². The number of hydrogen-bond donors (Lipinski definition) is 0. The Kier molecular flexibility index (Phi) is 53.7. The van der Waals surface area contributed by atoms with Crippen LogP contribution in [0.1, 0.15) is 245 Å². The quantitative estimate of drug-likeness (QED) is 0.0197. The molecule has 0 aliphatic rings. The van der Waals surface area contributed by atoms with Crippen molar-refractivity contribution in [2.45, 2.75) is 251 Å². The van der Waals surface area contributed by atoms with E-state index < -0.39 is 13.9 Å². The van der Waals surface area contributed by atoms with E-state index in [9.17, 15) is 14.3 Å². The molecule has 0 aliphatic carbocycles. The highest BCUT2D eigenvalue weighted by Gasteiger charge is 2.20. The molecular weight excluding hydrogens is 926 g/mol. The smallest absolute Gasteiger partial charge is 0.306 e. The molecule has 0 spiro atoms. The van der Waals surface area contributed by atoms with Gasteiger partial charge in [-0.2, -0.15) is 0 Å². The van der Waals surface area contributed by atoms with Crippen LogP contribution in [-0.4, -0.2) is 70.7 Å². The van der Waals surface area contributed by atoms with E-state index in [2.05, 4.69) is 111 Å². The molecule has 422 valence electrons. The van der Waals surface area contributed by atoms with Crippen LogP contribution >= 0.6 is 7.82 Å². The van der Waals surface area contributed by atoms with Crippen LogP contribution in [-0.2, 0) is 27.9 Å². The maximum absolute atomic E-state index is 12.8. The first-order chi connectivity index (χ1) is 35.6. The van der Waals surface area contributed by atoms with Gasteiger partial charge in [0.25, 0.3) is 7.82 Å². The Hall–Kier alpha value is -2.58. The Labute approximate surface area is 451 Å². The second-order valence-corrected chi connectivity index (χ2v) is 22.4. The Balaban J connectivity index is 4.11. The molecule has 2 unspecified atom stereocenters. The number of unbranched alkanes of at least 4 members (excludes halogenated alkanes) is 25. The van der Waals surface area contributed by atoms with Crippen LogP contribution in [0, 0.1) is 0 Å². The summed E-state index contributed by atoms with van der Waals surface area (Å²) in [6.45, 7) is 5.27. The molecule has 8 nitrogen and oxygen atoms in total. The van der Waals surface area contributed by atoms with Crippen LogP contribution in [0.4, 0.5) is 0 Å². The van der Waals surface area contributed by atoms with Gasteiger partial charge in [0.05, 0.1) is 34.4 Å². The zero-order valence-corrected chi connectivity index (χ0v) is 49.0. The second kappa shape index (κ2) is 55.6. The average Bonchev–Trinajstić information content (AvgIpc) is 3.35. The van der Waals surface area contributed by atoms with Crippen molar-refractivity contribution in [3.63, 3.8) is 0 Å². The number of allylic oxidation sites excluding steroid dienone is 16. The summed E-state index contributed by atoms with van der Waals surface area (Å²) in [5, 5.41) is 0. The molecule has 0 N–H and O–H groups in total. The van der Waals surface area contributed by atoms with Gasteiger partial charge in [-0.25, -0.2) is 0 Å². The van der Waals surface area contributed by atoms with Crippen molar-refractivity contribution >= 4 is 13.8 Å². The number of likely N-dealkylation sites (N-methyl/N-ethyl adjacent to an activating group) is 1. The minimum atomic E-state index is -4.55. The van der Waals surface area contributed by atoms with Crippen molar-refractivity contribution in [2.24, 2.45) is 0 Å². The third-order valence-corrected chi connectivity index (χ3v) is 13.6. The summed E-state index contributed by atoms with van der Waals surface area (Å²) in [7, 11) is 1.34. The fraction of sp³-hybridized carbons (Fsp3) is 0.734. The number of ether oxygens (including phenoxy) is 2. The molecule has 0 rings (SSSR count). The summed E-state index contributed by atoms with van der Waals surface area (Å²) in [6, 6.07) is 0. The van der Waals surface area contributed by atoms with Gasteiger partial charge in [-0.15, -0.1) is 0 Å². The van der Waals surface area contributed by atoms with E-state index in [0.29, 0.717) is 24.1 Å². The molecule has 0 radical (unpaired) electrons. The van der Waals surface area contributed by atoms with Crippen LogP contribution in [0.25, 0.3) is 0 Å². The molecule has 0 aliphatic heterocycles. The monoisotopic (exact) mass is 1040 g/mol. The molecule has 0 bridgehead atoms. The van der Waals surface area contributed by atoms with Crippen LogP contribution in [0.15, 0.2) is 97.2 Å². The Morgan fingerprint density at radius 2 is 0.795 bits per heavy atom. The Morgan fingerprint density at radius 3 is 1.19 bits per heavy atom. The number of esters is 1. The first-order valence-corrected chi connectivity index (χ1v) is 31.4. The van der Waals surface area contributed by atoms with Gasteiger partial charge in [-0.05, 0) is 96.3 Å². The lowest BCUT2D eigenvalue weighted by molar-refractivity contribution is -0.870. The van der Waals surface area contributed by atoms with Gasteiger partial charge in [0.1, 0.15) is 19.3 Å². The highest BCUT2D eigenvalue weighted by Crippen LogP contribution is 2.38. The molecule has 0 amide bonds. The van der Waals surface area contributed by atoms with E-state index in [1.165, 1.54) is 135 Å². The van der Waals surface area contributed by atoms with Crippen molar-refractivity contribution in [1.29, 1.82) is 0 Å². The van der Waals surface area contributed by atoms with E-state index in [1.807, 2.05) is 21.1 Å². The zero-order valence-electron chi connectivity index (χ0n) is 48.1. The fourth-order valence-electron chi connectivity index (χ4n) is 8.05. The molecule has 2 atom stereocenters. The van der Waals surface area contributed by atoms with Gasteiger partial charge < -0.3 is 27.9 Å². The van der Waals surface area contributed by atoms with Gasteiger partial charge in [0, 0.05) is 13.0 Å². The van der Waals surface area contributed by atoms with Crippen molar-refractivity contribution in [1.82, 2.24) is 0 Å². The maximum atomic E-state index is 12.8. The number of quaternary nitrogens is 1. The van der Waals surface area contributed by atoms with Crippen molar-refractivity contribution in [3.8, 4) is 0 Å². The standard InChI is InChI=1S/C64H114NO7P/c1-6-8-10-12-14-16-18-20-22-24-26-28-30-32-34-36-38-40-42-44-46-48-50-52-54-56-59-69-61-63(62-71-73(67,68)70-60-58-65(3,4)5)72-64(66)57-55-53-51-49-47-45-43-41-39-37-35-33-31-29-27-25-23-21-19-17-15-13-11-9-7-2/h8,10,14,16,19-22,25-28,32,34,38,40,63H,6-7,9,11-13,15,17-18,23-24,29-31,33,35-37,39,41-62H2,1-5H3/b10-8-,16-14-,21-19-,22-20-,27-25-,28-26-,34-32-,40-38-. The number of nitrogens with zero attached hydrogens (tertiary/aromatic N) is 1. The predicted molar refractivity (Wildman–Crippen MR) is 314 cm³/mol. The highest BCUT2D eigenvalue weighted by atomic mass is 31.2. The van der Waals surface area contributed by atoms with Crippen LogP contribution in [0.2, 0.25) is 0 Å². The minimum Gasteiger partial charge on any atom is -0.756 e. The molecule has 0 aromatic carbocycles. The topological polar surface area (TPSA) is 94.1 Å². The zero-order chi connectivity index (χ0) is 53.3. The first-order valence-electron chi connectivity index (χ1n) is 30.0. The molecule has 9 heteroatoms. The highest BCUT2D eigenvalue weighted by molar-refractivity contribution is 7.45. The largest absolute Gasteiger partial charge is 0.756 e. The van der Waals surface area contributed by atoms with E-state index in [0.717, 1.165) is 89.9 Å². The number of carbonyl (C=O) groups is 1. The molecule has 0 aromatic rings. The third-order valence-electron chi connectivity index (χ3n) is 12.6. The summed E-state index contributed by atoms with van der Waals surface area (Å²) in [5.41, 5.74) is 0. The number of phosphoric ester groups is 1. The lowest BCUT2D eigenvalue weighted by Gasteiger charge is -2.28. The van der Waals surface area contributed by atoms with Gasteiger partial charge in [-0.3, -0.25) is 9.36 Å². The average molecular weight is 1040 g/mol. The Bertz CT molecular complexity index is 1490. The van der Waals surface area contributed by atoms with Gasteiger partial charge in [-0.1, -0.05) is 239 Å². The normalized spacial score (nSPS) is 14.1. The lowest BCUT2D eigenvalue weighted by Crippen LogP contribution is -2.37. The molecule has 0 fully saturated rings. The fourth-order valence-corrected chi connectivity index (χ4v) is 8.78. The van der Waals surface area contributed by atoms with Crippen molar-refractivity contribution < 1.29 is 37.3 Å². The molecular formula is C64H114NO7P. The van der Waals surface area contributed by atoms with Gasteiger partial charge in [0.15, 0.2) is 0 Å². The van der Waals surface area contributed by atoms with Crippen molar-refractivity contribution in [2.75, 3.05) is 54.1 Å². The molecule has 73 heavy (non-hydrogen) atoms. The number of hydrogen-bond acceptors (Lipinski definition) is 7. The molecule has 0 heterocycles. The molecule has 0 saturated carbocycles. The molecule has 0 aromatic heterocycles. The summed E-state index contributed by atoms with van der Waals surface area (Å²) in [4.78, 5) is 25.3. The van der Waals surface area contributed by atoms with E-state index in [-0.39, 0.29) is 25.8 Å². The summed E-state index contributed by atoms with van der Waals surface area (Å²) in [5.74, 6) is -0.340. The third kappa shape index (κ3) is 60.2. The summed E-state index contributed by atoms with van der Waals surface area (Å²) >= 11 is 0. The Morgan fingerprint density at radius 1 is 0.438 bits per heavy atom. The number of carbonyl (C=O) groups excluding carboxylic acids is 1. The predicted octanol–water partition coefficient (Wildman–Crippen LogP) is 18.7. The number of rotatable bonds is 55. The summed E-state index contributed by atoms with van der Waals surface area (Å²) in [6.07, 6.45) is 77.4. The first kappa shape index (κ1) is 70.4. The van der Waals surface area contributed by atoms with Gasteiger partial charge >= 0.3 is 5.97 Å². The van der Waals surface area contributed by atoms with Gasteiger partial charge in [0.2, 0.25) is 0 Å². The van der Waals surface area contributed by atoms with E-state index >= 15 is 0 Å². The number of phosphoric acid groups is 1. The SMILES string of the molecule is CC/C=C\C/C=C\C/C=C\C/C=C\C/C=C\C/C=C\CCCCCCCCCOCC(COP(=O)([O-])OCC[N+](C)(C)C)OC(=O)CCCCCCCCCCCCCCC/C=C\C/C=C\CCCCCCC.